The van der Waals surface area contributed by atoms with Crippen LogP contribution in [0.1, 0.15) is 31.4 Å². The average molecular weight is 365 g/mol. The molecular weight excluding hydrogens is 344 g/mol. The van der Waals surface area contributed by atoms with Gasteiger partial charge in [0.1, 0.15) is 11.5 Å². The topological polar surface area (TPSA) is 37.6 Å². The molecule has 24 heavy (non-hydrogen) atoms. The Morgan fingerprint density at radius 2 is 2.17 bits per heavy atom. The second-order valence-electron chi connectivity index (χ2n) is 5.93. The van der Waals surface area contributed by atoms with Crippen LogP contribution in [0.4, 0.5) is 5.69 Å². The summed E-state index contributed by atoms with van der Waals surface area (Å²) in [6, 6.07) is 9.89. The Labute approximate surface area is 152 Å². The smallest absolute Gasteiger partial charge is 0.174 e. The summed E-state index contributed by atoms with van der Waals surface area (Å²) in [6.07, 6.45) is 6.51. The minimum absolute atomic E-state index is 0.448. The highest BCUT2D eigenvalue weighted by Crippen LogP contribution is 2.29. The van der Waals surface area contributed by atoms with E-state index in [2.05, 4.69) is 10.2 Å². The summed E-state index contributed by atoms with van der Waals surface area (Å²) < 4.78 is 10.8. The van der Waals surface area contributed by atoms with Crippen molar-refractivity contribution in [3.05, 3.63) is 47.4 Å². The van der Waals surface area contributed by atoms with Crippen LogP contribution in [0.25, 0.3) is 0 Å². The van der Waals surface area contributed by atoms with Crippen molar-refractivity contribution in [2.45, 2.75) is 38.3 Å². The number of anilines is 1. The monoisotopic (exact) mass is 364 g/mol. The third-order valence-electron chi connectivity index (χ3n) is 4.33. The maximum Gasteiger partial charge on any atom is 0.174 e. The lowest BCUT2D eigenvalue weighted by Gasteiger charge is -2.31. The molecule has 6 heteroatoms. The summed E-state index contributed by atoms with van der Waals surface area (Å²) in [5.74, 6) is 1.54. The molecule has 0 saturated heterocycles. The molecule has 1 aliphatic rings. The van der Waals surface area contributed by atoms with Gasteiger partial charge in [0.05, 0.1) is 24.9 Å². The summed E-state index contributed by atoms with van der Waals surface area (Å²) in [4.78, 5) is 2.22. The van der Waals surface area contributed by atoms with Crippen LogP contribution in [0.3, 0.4) is 0 Å². The summed E-state index contributed by atoms with van der Waals surface area (Å²) in [5, 5.41) is 4.59. The zero-order chi connectivity index (χ0) is 16.9. The molecule has 0 atom stereocenters. The van der Waals surface area contributed by atoms with E-state index in [0.29, 0.717) is 28.5 Å². The molecule has 0 spiro atoms. The van der Waals surface area contributed by atoms with Crippen molar-refractivity contribution in [1.82, 2.24) is 4.90 Å². The van der Waals surface area contributed by atoms with Gasteiger partial charge in [-0.25, -0.2) is 0 Å². The predicted octanol–water partition coefficient (Wildman–Crippen LogP) is 5.08. The Morgan fingerprint density at radius 3 is 2.83 bits per heavy atom. The van der Waals surface area contributed by atoms with Crippen LogP contribution in [-0.2, 0) is 6.54 Å². The van der Waals surface area contributed by atoms with Crippen LogP contribution < -0.4 is 10.1 Å². The zero-order valence-electron chi connectivity index (χ0n) is 13.6. The third kappa shape index (κ3) is 4.02. The molecule has 0 radical (unpaired) electrons. The Bertz CT molecular complexity index is 684. The normalized spacial score (nSPS) is 14.6. The lowest BCUT2D eigenvalue weighted by Crippen LogP contribution is -2.40. The van der Waals surface area contributed by atoms with Crippen molar-refractivity contribution in [2.24, 2.45) is 0 Å². The van der Waals surface area contributed by atoms with Crippen LogP contribution in [0.2, 0.25) is 5.02 Å². The first kappa shape index (κ1) is 17.1. The van der Waals surface area contributed by atoms with Crippen molar-refractivity contribution >= 4 is 34.6 Å². The number of hydrogen-bond acceptors (Lipinski definition) is 3. The Morgan fingerprint density at radius 1 is 1.38 bits per heavy atom. The predicted molar refractivity (Wildman–Crippen MR) is 101 cm³/mol. The second kappa shape index (κ2) is 7.90. The van der Waals surface area contributed by atoms with Gasteiger partial charge in [-0.15, -0.1) is 0 Å². The highest BCUT2D eigenvalue weighted by molar-refractivity contribution is 7.80. The number of halogens is 1. The first-order chi connectivity index (χ1) is 11.7. The largest absolute Gasteiger partial charge is 0.495 e. The molecule has 4 nitrogen and oxygen atoms in total. The minimum atomic E-state index is 0.448. The van der Waals surface area contributed by atoms with Gasteiger partial charge in [-0.3, -0.25) is 0 Å². The van der Waals surface area contributed by atoms with Crippen LogP contribution in [0, 0.1) is 0 Å². The molecule has 0 amide bonds. The highest BCUT2D eigenvalue weighted by atomic mass is 35.5. The van der Waals surface area contributed by atoms with Crippen molar-refractivity contribution in [3.63, 3.8) is 0 Å². The molecule has 0 bridgehead atoms. The van der Waals surface area contributed by atoms with Gasteiger partial charge in [-0.05, 0) is 49.3 Å². The van der Waals surface area contributed by atoms with Crippen molar-refractivity contribution in [1.29, 1.82) is 0 Å². The minimum Gasteiger partial charge on any atom is -0.495 e. The molecule has 3 rings (SSSR count). The summed E-state index contributed by atoms with van der Waals surface area (Å²) in [7, 11) is 1.60. The molecule has 0 aliphatic heterocycles. The van der Waals surface area contributed by atoms with E-state index in [1.165, 1.54) is 12.8 Å². The SMILES string of the molecule is COc1cc(NC(=S)N(Cc2ccco2)C2CCCC2)ccc1Cl. The molecule has 1 N–H and O–H groups in total. The number of thiocarbonyl (C=S) groups is 1. The molecule has 1 heterocycles. The lowest BCUT2D eigenvalue weighted by molar-refractivity contribution is 0.286. The van der Waals surface area contributed by atoms with Gasteiger partial charge in [0.15, 0.2) is 5.11 Å². The number of nitrogens with one attached hydrogen (secondary N) is 1. The summed E-state index contributed by atoms with van der Waals surface area (Å²) in [6.45, 7) is 0.675. The van der Waals surface area contributed by atoms with Crippen LogP contribution in [0.15, 0.2) is 41.0 Å². The van der Waals surface area contributed by atoms with E-state index in [1.54, 1.807) is 19.4 Å². The van der Waals surface area contributed by atoms with E-state index in [-0.39, 0.29) is 0 Å². The molecule has 1 aromatic carbocycles. The molecule has 1 aromatic heterocycles. The second-order valence-corrected chi connectivity index (χ2v) is 6.72. The molecule has 1 aliphatic carbocycles. The van der Waals surface area contributed by atoms with Crippen molar-refractivity contribution < 1.29 is 9.15 Å². The van der Waals surface area contributed by atoms with E-state index < -0.39 is 0 Å². The molecular formula is C18H21ClN2O2S. The number of benzene rings is 1. The fourth-order valence-corrected chi connectivity index (χ4v) is 3.61. The number of furan rings is 1. The van der Waals surface area contributed by atoms with Gasteiger partial charge in [0, 0.05) is 17.8 Å². The van der Waals surface area contributed by atoms with Gasteiger partial charge in [-0.2, -0.15) is 0 Å². The Kier molecular flexibility index (Phi) is 5.63. The van der Waals surface area contributed by atoms with Gasteiger partial charge in [0.25, 0.3) is 0 Å². The van der Waals surface area contributed by atoms with Crippen molar-refractivity contribution in [3.8, 4) is 5.75 Å². The standard InChI is InChI=1S/C18H21ClN2O2S/c1-22-17-11-13(8-9-16(17)19)20-18(24)21(14-5-2-3-6-14)12-15-7-4-10-23-15/h4,7-11,14H,2-3,5-6,12H2,1H3,(H,20,24). The molecule has 0 unspecified atom stereocenters. The number of hydrogen-bond donors (Lipinski definition) is 1. The van der Waals surface area contributed by atoms with Gasteiger partial charge >= 0.3 is 0 Å². The molecule has 1 fully saturated rings. The van der Waals surface area contributed by atoms with Gasteiger partial charge < -0.3 is 19.4 Å². The number of ether oxygens (including phenoxy) is 1. The van der Waals surface area contributed by atoms with E-state index in [9.17, 15) is 0 Å². The summed E-state index contributed by atoms with van der Waals surface area (Å²) in [5.41, 5.74) is 0.865. The summed E-state index contributed by atoms with van der Waals surface area (Å²) >= 11 is 11.8. The van der Waals surface area contributed by atoms with Crippen molar-refractivity contribution in [2.75, 3.05) is 12.4 Å². The molecule has 2 aromatic rings. The lowest BCUT2D eigenvalue weighted by atomic mass is 10.2. The van der Waals surface area contributed by atoms with Crippen LogP contribution in [-0.4, -0.2) is 23.2 Å². The molecule has 128 valence electrons. The van der Waals surface area contributed by atoms with E-state index in [1.807, 2.05) is 24.3 Å². The Hall–Kier alpha value is -1.72. The molecule has 1 saturated carbocycles. The van der Waals surface area contributed by atoms with Crippen LogP contribution in [0.5, 0.6) is 5.75 Å². The Balaban J connectivity index is 1.75. The maximum absolute atomic E-state index is 6.09. The van der Waals surface area contributed by atoms with E-state index in [0.717, 1.165) is 24.3 Å². The fourth-order valence-electron chi connectivity index (χ4n) is 3.09. The third-order valence-corrected chi connectivity index (χ3v) is 4.98. The first-order valence-corrected chi connectivity index (χ1v) is 8.89. The van der Waals surface area contributed by atoms with E-state index in [4.69, 9.17) is 33.0 Å². The van der Waals surface area contributed by atoms with Gasteiger partial charge in [0.2, 0.25) is 0 Å². The maximum atomic E-state index is 6.09. The number of nitrogens with zero attached hydrogens (tertiary/aromatic N) is 1. The first-order valence-electron chi connectivity index (χ1n) is 8.11. The number of rotatable bonds is 5. The van der Waals surface area contributed by atoms with E-state index >= 15 is 0 Å². The highest BCUT2D eigenvalue weighted by Gasteiger charge is 2.25. The number of methoxy groups -OCH3 is 1. The zero-order valence-corrected chi connectivity index (χ0v) is 15.2. The quantitative estimate of drug-likeness (QED) is 0.748. The fraction of sp³-hybridized carbons (Fsp3) is 0.389. The van der Waals surface area contributed by atoms with Gasteiger partial charge in [-0.1, -0.05) is 24.4 Å². The van der Waals surface area contributed by atoms with Crippen LogP contribution >= 0.6 is 23.8 Å². The average Bonchev–Trinajstić information content (AvgIpc) is 3.27.